The fourth-order valence-electron chi connectivity index (χ4n) is 2.33. The highest BCUT2D eigenvalue weighted by Gasteiger charge is 2.08. The van der Waals surface area contributed by atoms with Crippen molar-refractivity contribution in [3.63, 3.8) is 0 Å². The van der Waals surface area contributed by atoms with Crippen LogP contribution < -0.4 is 20.7 Å². The topological polar surface area (TPSA) is 79.5 Å². The highest BCUT2D eigenvalue weighted by Crippen LogP contribution is 2.27. The lowest BCUT2D eigenvalue weighted by molar-refractivity contribution is -0.119. The molecule has 0 radical (unpaired) electrons. The number of nitrogens with one attached hydrogen (secondary N) is 3. The molecule has 0 aliphatic carbocycles. The number of rotatable bonds is 8. The molecule has 0 aliphatic heterocycles. The molecule has 0 unspecified atom stereocenters. The smallest absolute Gasteiger partial charge is 0.251 e. The van der Waals surface area contributed by atoms with E-state index in [-0.39, 0.29) is 23.3 Å². The van der Waals surface area contributed by atoms with Crippen LogP contribution in [0.1, 0.15) is 30.1 Å². The van der Waals surface area contributed by atoms with Gasteiger partial charge in [-0.25, -0.2) is 0 Å². The molecule has 29 heavy (non-hydrogen) atoms. The third kappa shape index (κ3) is 7.89. The Bertz CT molecular complexity index is 876. The fourth-order valence-corrected chi connectivity index (χ4v) is 3.02. The molecule has 2 aromatic carbocycles. The third-order valence-corrected chi connectivity index (χ3v) is 4.43. The van der Waals surface area contributed by atoms with Gasteiger partial charge < -0.3 is 20.7 Å². The summed E-state index contributed by atoms with van der Waals surface area (Å²) in [5, 5.41) is 9.37. The van der Waals surface area contributed by atoms with Crippen LogP contribution in [0, 0.1) is 0 Å². The minimum atomic E-state index is -0.229. The number of carbonyl (C=O) groups excluding carboxylic acids is 2. The number of ether oxygens (including phenoxy) is 1. The molecule has 0 fully saturated rings. The summed E-state index contributed by atoms with van der Waals surface area (Å²) < 4.78 is 5.54. The third-order valence-electron chi connectivity index (χ3n) is 3.69. The van der Waals surface area contributed by atoms with E-state index in [9.17, 15) is 9.59 Å². The standard InChI is InChI=1S/C20H21Cl2N3O3S/c1-2-23-19(27)13-5-8-15(9-6-13)24-20(29)25-18(26)4-3-11-28-17-10-7-14(21)12-16(17)22/h5-10,12H,2-4,11H2,1H3,(H,23,27)(H2,24,25,26,29). The molecule has 3 N–H and O–H groups in total. The van der Waals surface area contributed by atoms with Gasteiger partial charge in [-0.05, 0) is 68.0 Å². The van der Waals surface area contributed by atoms with Crippen LogP contribution in [0.25, 0.3) is 0 Å². The second-order valence-electron chi connectivity index (χ2n) is 5.97. The number of amides is 2. The maximum Gasteiger partial charge on any atom is 0.251 e. The van der Waals surface area contributed by atoms with E-state index < -0.39 is 0 Å². The molecular formula is C20H21Cl2N3O3S. The Labute approximate surface area is 184 Å². The molecule has 0 aromatic heterocycles. The molecule has 2 amide bonds. The SMILES string of the molecule is CCNC(=O)c1ccc(NC(=S)NC(=O)CCCOc2ccc(Cl)cc2Cl)cc1. The first-order valence-electron chi connectivity index (χ1n) is 8.96. The van der Waals surface area contributed by atoms with Crippen LogP contribution in [0.2, 0.25) is 10.0 Å². The quantitative estimate of drug-likeness (QED) is 0.407. The van der Waals surface area contributed by atoms with Crippen LogP contribution >= 0.6 is 35.4 Å². The van der Waals surface area contributed by atoms with Gasteiger partial charge in [0, 0.05) is 29.2 Å². The zero-order valence-electron chi connectivity index (χ0n) is 15.8. The zero-order valence-corrected chi connectivity index (χ0v) is 18.1. The number of benzene rings is 2. The second-order valence-corrected chi connectivity index (χ2v) is 7.22. The van der Waals surface area contributed by atoms with E-state index in [0.29, 0.717) is 46.6 Å². The van der Waals surface area contributed by atoms with Crippen molar-refractivity contribution in [2.75, 3.05) is 18.5 Å². The summed E-state index contributed by atoms with van der Waals surface area (Å²) in [6, 6.07) is 11.7. The van der Waals surface area contributed by atoms with Gasteiger partial charge in [0.25, 0.3) is 5.91 Å². The number of hydrogen-bond acceptors (Lipinski definition) is 4. The number of anilines is 1. The van der Waals surface area contributed by atoms with Gasteiger partial charge in [-0.15, -0.1) is 0 Å². The van der Waals surface area contributed by atoms with Crippen molar-refractivity contribution in [3.05, 3.63) is 58.1 Å². The average Bonchev–Trinajstić information content (AvgIpc) is 2.67. The summed E-state index contributed by atoms with van der Waals surface area (Å²) in [6.07, 6.45) is 0.734. The first-order chi connectivity index (χ1) is 13.9. The van der Waals surface area contributed by atoms with Gasteiger partial charge in [0.15, 0.2) is 5.11 Å². The molecule has 6 nitrogen and oxygen atoms in total. The van der Waals surface area contributed by atoms with E-state index in [0.717, 1.165) is 0 Å². The Balaban J connectivity index is 1.70. The maximum absolute atomic E-state index is 12.0. The molecule has 2 rings (SSSR count). The van der Waals surface area contributed by atoms with Gasteiger partial charge in [-0.2, -0.15) is 0 Å². The largest absolute Gasteiger partial charge is 0.492 e. The zero-order chi connectivity index (χ0) is 21.2. The van der Waals surface area contributed by atoms with Crippen molar-refractivity contribution < 1.29 is 14.3 Å². The van der Waals surface area contributed by atoms with Crippen molar-refractivity contribution in [1.29, 1.82) is 0 Å². The van der Waals surface area contributed by atoms with Crippen LogP contribution in [-0.4, -0.2) is 30.1 Å². The molecule has 0 heterocycles. The van der Waals surface area contributed by atoms with E-state index in [1.54, 1.807) is 42.5 Å². The summed E-state index contributed by atoms with van der Waals surface area (Å²) in [4.78, 5) is 23.7. The lowest BCUT2D eigenvalue weighted by atomic mass is 10.2. The van der Waals surface area contributed by atoms with Gasteiger partial charge in [-0.1, -0.05) is 23.2 Å². The Morgan fingerprint density at radius 2 is 1.83 bits per heavy atom. The first-order valence-corrected chi connectivity index (χ1v) is 10.1. The number of hydrogen-bond donors (Lipinski definition) is 3. The highest BCUT2D eigenvalue weighted by molar-refractivity contribution is 7.80. The molecular weight excluding hydrogens is 433 g/mol. The maximum atomic E-state index is 12.0. The molecule has 2 aromatic rings. The van der Waals surface area contributed by atoms with Crippen LogP contribution in [0.3, 0.4) is 0 Å². The number of halogens is 2. The van der Waals surface area contributed by atoms with Crippen LogP contribution in [-0.2, 0) is 4.79 Å². The molecule has 154 valence electrons. The minimum absolute atomic E-state index is 0.142. The normalized spacial score (nSPS) is 10.2. The van der Waals surface area contributed by atoms with E-state index in [1.165, 1.54) is 0 Å². The average molecular weight is 454 g/mol. The van der Waals surface area contributed by atoms with Crippen molar-refractivity contribution >= 4 is 58.0 Å². The van der Waals surface area contributed by atoms with Gasteiger partial charge in [0.05, 0.1) is 11.6 Å². The highest BCUT2D eigenvalue weighted by atomic mass is 35.5. The summed E-state index contributed by atoms with van der Waals surface area (Å²) in [5.41, 5.74) is 1.22. The van der Waals surface area contributed by atoms with E-state index in [4.69, 9.17) is 40.2 Å². The molecule has 0 saturated carbocycles. The van der Waals surface area contributed by atoms with Crippen molar-refractivity contribution in [2.24, 2.45) is 0 Å². The van der Waals surface area contributed by atoms with E-state index in [2.05, 4.69) is 16.0 Å². The summed E-state index contributed by atoms with van der Waals surface area (Å²) in [6.45, 7) is 2.75. The minimum Gasteiger partial charge on any atom is -0.492 e. The predicted octanol–water partition coefficient (Wildman–Crippen LogP) is 4.42. The summed E-state index contributed by atoms with van der Waals surface area (Å²) in [7, 11) is 0. The van der Waals surface area contributed by atoms with E-state index in [1.807, 2.05) is 6.92 Å². The fraction of sp³-hybridized carbons (Fsp3) is 0.250. The second kappa shape index (κ2) is 11.6. The number of carbonyl (C=O) groups is 2. The van der Waals surface area contributed by atoms with Crippen LogP contribution in [0.15, 0.2) is 42.5 Å². The first kappa shape index (κ1) is 22.9. The molecule has 0 atom stereocenters. The van der Waals surface area contributed by atoms with Crippen LogP contribution in [0.5, 0.6) is 5.75 Å². The molecule has 0 spiro atoms. The Morgan fingerprint density at radius 1 is 1.10 bits per heavy atom. The Morgan fingerprint density at radius 3 is 2.48 bits per heavy atom. The number of thiocarbonyl (C=S) groups is 1. The summed E-state index contributed by atoms with van der Waals surface area (Å²) >= 11 is 17.0. The predicted molar refractivity (Wildman–Crippen MR) is 120 cm³/mol. The van der Waals surface area contributed by atoms with Crippen molar-refractivity contribution in [3.8, 4) is 5.75 Å². The van der Waals surface area contributed by atoms with Gasteiger partial charge in [0.2, 0.25) is 5.91 Å². The Hall–Kier alpha value is -2.35. The van der Waals surface area contributed by atoms with Crippen LogP contribution in [0.4, 0.5) is 5.69 Å². The molecule has 0 saturated heterocycles. The Kier molecular flexibility index (Phi) is 9.18. The lowest BCUT2D eigenvalue weighted by Crippen LogP contribution is -2.34. The van der Waals surface area contributed by atoms with E-state index >= 15 is 0 Å². The molecule has 0 aliphatic rings. The molecule has 0 bridgehead atoms. The van der Waals surface area contributed by atoms with Gasteiger partial charge in [0.1, 0.15) is 5.75 Å². The molecule has 9 heteroatoms. The summed E-state index contributed by atoms with van der Waals surface area (Å²) in [5.74, 6) is 0.147. The van der Waals surface area contributed by atoms with Crippen molar-refractivity contribution in [1.82, 2.24) is 10.6 Å². The van der Waals surface area contributed by atoms with Crippen molar-refractivity contribution in [2.45, 2.75) is 19.8 Å². The van der Waals surface area contributed by atoms with Gasteiger partial charge >= 0.3 is 0 Å². The monoisotopic (exact) mass is 453 g/mol. The van der Waals surface area contributed by atoms with Gasteiger partial charge in [-0.3, -0.25) is 9.59 Å². The lowest BCUT2D eigenvalue weighted by Gasteiger charge is -2.11.